The summed E-state index contributed by atoms with van der Waals surface area (Å²) < 4.78 is 13.5. The molecule has 3 N–H and O–H groups in total. The number of nitrogens with two attached hydrogens (primary N) is 1. The molecule has 0 spiro atoms. The molecule has 1 amide bonds. The van der Waals surface area contributed by atoms with Crippen molar-refractivity contribution in [2.75, 3.05) is 11.4 Å². The summed E-state index contributed by atoms with van der Waals surface area (Å²) in [5, 5.41) is 8.71. The number of benzene rings is 1. The second-order valence-corrected chi connectivity index (χ2v) is 4.83. The van der Waals surface area contributed by atoms with Crippen LogP contribution < -0.4 is 10.6 Å². The number of rotatable bonds is 3. The molecule has 0 saturated carbocycles. The van der Waals surface area contributed by atoms with Crippen molar-refractivity contribution in [2.45, 2.75) is 6.04 Å². The first-order chi connectivity index (χ1) is 8.82. The van der Waals surface area contributed by atoms with Gasteiger partial charge in [0.15, 0.2) is 0 Å². The topological polar surface area (TPSA) is 101 Å². The van der Waals surface area contributed by atoms with Crippen LogP contribution in [-0.4, -0.2) is 35.4 Å². The lowest BCUT2D eigenvalue weighted by Gasteiger charge is -2.18. The molecule has 6 nitrogen and oxygen atoms in total. The zero-order valence-electron chi connectivity index (χ0n) is 9.39. The van der Waals surface area contributed by atoms with Crippen LogP contribution in [0, 0.1) is 5.82 Å². The van der Waals surface area contributed by atoms with E-state index in [-0.39, 0.29) is 15.7 Å². The molecule has 19 heavy (non-hydrogen) atoms. The van der Waals surface area contributed by atoms with Crippen LogP contribution in [0.5, 0.6) is 0 Å². The van der Waals surface area contributed by atoms with Gasteiger partial charge in [-0.15, -0.1) is 0 Å². The van der Waals surface area contributed by atoms with Gasteiger partial charge in [-0.05, 0) is 28.1 Å². The Bertz CT molecular complexity index is 605. The number of Topliss-reactive ketones (excluding diaryl/α,β-unsaturated/α-hetero) is 1. The molecule has 0 aromatic heterocycles. The quantitative estimate of drug-likeness (QED) is 0.787. The van der Waals surface area contributed by atoms with Crippen LogP contribution >= 0.6 is 15.9 Å². The molecule has 1 aliphatic rings. The highest BCUT2D eigenvalue weighted by Gasteiger charge is 2.38. The Hall–Kier alpha value is -1.80. The molecule has 1 atom stereocenters. The molecule has 100 valence electrons. The average Bonchev–Trinajstić information content (AvgIpc) is 2.56. The summed E-state index contributed by atoms with van der Waals surface area (Å²) in [6.07, 6.45) is 0. The standard InChI is InChI=1S/C11H8BrFN2O4/c12-5-1-4-8(2-6(5)13)15(10(17)9(4)16)3-7(14)11(18)19/h1-2,7H,3,14H2,(H,18,19). The minimum Gasteiger partial charge on any atom is -0.480 e. The second-order valence-electron chi connectivity index (χ2n) is 3.97. The number of hydrogen-bond acceptors (Lipinski definition) is 4. The zero-order chi connectivity index (χ0) is 14.3. The van der Waals surface area contributed by atoms with Gasteiger partial charge in [0.2, 0.25) is 0 Å². The highest BCUT2D eigenvalue weighted by atomic mass is 79.9. The van der Waals surface area contributed by atoms with E-state index >= 15 is 0 Å². The smallest absolute Gasteiger partial charge is 0.322 e. The Kier molecular flexibility index (Phi) is 3.38. The van der Waals surface area contributed by atoms with Crippen molar-refractivity contribution >= 4 is 39.3 Å². The predicted molar refractivity (Wildman–Crippen MR) is 66.4 cm³/mol. The van der Waals surface area contributed by atoms with Crippen LogP contribution in [0.4, 0.5) is 10.1 Å². The zero-order valence-corrected chi connectivity index (χ0v) is 11.0. The van der Waals surface area contributed by atoms with Crippen LogP contribution in [0.3, 0.4) is 0 Å². The molecule has 1 heterocycles. The molecular weight excluding hydrogens is 323 g/mol. The van der Waals surface area contributed by atoms with Gasteiger partial charge in [0.25, 0.3) is 11.7 Å². The van der Waals surface area contributed by atoms with Gasteiger partial charge in [0.1, 0.15) is 11.9 Å². The van der Waals surface area contributed by atoms with E-state index < -0.39 is 36.1 Å². The van der Waals surface area contributed by atoms with Gasteiger partial charge in [-0.2, -0.15) is 0 Å². The van der Waals surface area contributed by atoms with E-state index in [0.29, 0.717) is 0 Å². The van der Waals surface area contributed by atoms with Crippen molar-refractivity contribution in [3.63, 3.8) is 0 Å². The van der Waals surface area contributed by atoms with Crippen molar-refractivity contribution in [1.29, 1.82) is 0 Å². The lowest BCUT2D eigenvalue weighted by molar-refractivity contribution is -0.138. The van der Waals surface area contributed by atoms with E-state index in [1.807, 2.05) is 0 Å². The molecule has 1 aliphatic heterocycles. The summed E-state index contributed by atoms with van der Waals surface area (Å²) in [7, 11) is 0. The molecule has 1 aromatic carbocycles. The number of carboxylic acid groups (broad SMARTS) is 1. The van der Waals surface area contributed by atoms with Crippen LogP contribution in [0.1, 0.15) is 10.4 Å². The van der Waals surface area contributed by atoms with Gasteiger partial charge in [0, 0.05) is 0 Å². The molecule has 1 unspecified atom stereocenters. The third-order valence-electron chi connectivity index (χ3n) is 2.71. The number of carboxylic acids is 1. The normalized spacial score (nSPS) is 15.6. The lowest BCUT2D eigenvalue weighted by Crippen LogP contribution is -2.44. The third-order valence-corrected chi connectivity index (χ3v) is 3.32. The molecule has 0 saturated heterocycles. The van der Waals surface area contributed by atoms with E-state index in [1.165, 1.54) is 6.07 Å². The third kappa shape index (κ3) is 2.24. The first-order valence-electron chi connectivity index (χ1n) is 5.16. The van der Waals surface area contributed by atoms with Gasteiger partial charge >= 0.3 is 5.97 Å². The van der Waals surface area contributed by atoms with Gasteiger partial charge < -0.3 is 15.7 Å². The Morgan fingerprint density at radius 3 is 2.68 bits per heavy atom. The second kappa shape index (κ2) is 4.71. The summed E-state index contributed by atoms with van der Waals surface area (Å²) in [6, 6.07) is 0.836. The summed E-state index contributed by atoms with van der Waals surface area (Å²) >= 11 is 2.91. The van der Waals surface area contributed by atoms with E-state index in [0.717, 1.165) is 11.0 Å². The predicted octanol–water partition coefficient (Wildman–Crippen LogP) is 0.529. The highest BCUT2D eigenvalue weighted by molar-refractivity contribution is 9.10. The van der Waals surface area contributed by atoms with Gasteiger partial charge in [-0.1, -0.05) is 0 Å². The van der Waals surface area contributed by atoms with Crippen molar-refractivity contribution in [1.82, 2.24) is 0 Å². The van der Waals surface area contributed by atoms with Crippen LogP contribution in [0.2, 0.25) is 0 Å². The largest absolute Gasteiger partial charge is 0.480 e. The van der Waals surface area contributed by atoms with E-state index in [2.05, 4.69) is 15.9 Å². The Labute approximate surface area is 115 Å². The summed E-state index contributed by atoms with van der Waals surface area (Å²) in [6.45, 7) is -0.395. The van der Waals surface area contributed by atoms with Crippen molar-refractivity contribution < 1.29 is 23.9 Å². The first kappa shape index (κ1) is 13.6. The summed E-state index contributed by atoms with van der Waals surface area (Å²) in [5.74, 6) is -3.70. The minimum atomic E-state index is -1.35. The molecule has 0 bridgehead atoms. The number of nitrogens with zero attached hydrogens (tertiary/aromatic N) is 1. The SMILES string of the molecule is NC(CN1C(=O)C(=O)c2cc(Br)c(F)cc21)C(=O)O. The number of ketones is 1. The fourth-order valence-electron chi connectivity index (χ4n) is 1.74. The van der Waals surface area contributed by atoms with Crippen molar-refractivity contribution in [3.8, 4) is 0 Å². The lowest BCUT2D eigenvalue weighted by atomic mass is 10.1. The Balaban J connectivity index is 2.44. The molecule has 0 radical (unpaired) electrons. The number of carbonyl (C=O) groups is 3. The van der Waals surface area contributed by atoms with Gasteiger partial charge in [0.05, 0.1) is 22.3 Å². The van der Waals surface area contributed by atoms with Crippen LogP contribution in [-0.2, 0) is 9.59 Å². The van der Waals surface area contributed by atoms with Crippen LogP contribution in [0.25, 0.3) is 0 Å². The molecule has 1 aromatic rings. The average molecular weight is 331 g/mol. The Morgan fingerprint density at radius 1 is 1.47 bits per heavy atom. The summed E-state index contributed by atoms with van der Waals surface area (Å²) in [5.41, 5.74) is 5.38. The maximum absolute atomic E-state index is 13.5. The maximum Gasteiger partial charge on any atom is 0.322 e. The van der Waals surface area contributed by atoms with Crippen molar-refractivity contribution in [3.05, 3.63) is 28.0 Å². The van der Waals surface area contributed by atoms with E-state index in [1.54, 1.807) is 0 Å². The number of fused-ring (bicyclic) bond motifs is 1. The molecular formula is C11H8BrFN2O4. The molecule has 8 heteroatoms. The number of anilines is 1. The number of amides is 1. The van der Waals surface area contributed by atoms with Gasteiger partial charge in [-0.3, -0.25) is 14.4 Å². The maximum atomic E-state index is 13.5. The minimum absolute atomic E-state index is 0.0239. The fourth-order valence-corrected chi connectivity index (χ4v) is 2.09. The fraction of sp³-hybridized carbons (Fsp3) is 0.182. The van der Waals surface area contributed by atoms with Gasteiger partial charge in [-0.25, -0.2) is 4.39 Å². The molecule has 0 fully saturated rings. The number of aliphatic carboxylic acids is 1. The van der Waals surface area contributed by atoms with Crippen LogP contribution in [0.15, 0.2) is 16.6 Å². The number of hydrogen-bond donors (Lipinski definition) is 2. The molecule has 0 aliphatic carbocycles. The monoisotopic (exact) mass is 330 g/mol. The summed E-state index contributed by atoms with van der Waals surface area (Å²) in [4.78, 5) is 35.0. The molecule has 2 rings (SSSR count). The van der Waals surface area contributed by atoms with E-state index in [4.69, 9.17) is 10.8 Å². The Morgan fingerprint density at radius 2 is 2.11 bits per heavy atom. The van der Waals surface area contributed by atoms with Crippen molar-refractivity contribution in [2.24, 2.45) is 5.73 Å². The first-order valence-corrected chi connectivity index (χ1v) is 5.96. The van der Waals surface area contributed by atoms with E-state index in [9.17, 15) is 18.8 Å². The number of carbonyl (C=O) groups excluding carboxylic acids is 2. The number of halogens is 2. The highest BCUT2D eigenvalue weighted by Crippen LogP contribution is 2.33.